The highest BCUT2D eigenvalue weighted by atomic mass is 32.1. The van der Waals surface area contributed by atoms with Crippen molar-refractivity contribution in [2.45, 2.75) is 25.9 Å². The van der Waals surface area contributed by atoms with Crippen LogP contribution in [0.2, 0.25) is 0 Å². The number of ketones is 1. The van der Waals surface area contributed by atoms with Gasteiger partial charge in [-0.05, 0) is 37.1 Å². The zero-order valence-corrected chi connectivity index (χ0v) is 18.4. The molecule has 2 aromatic carbocycles. The quantitative estimate of drug-likeness (QED) is 0.363. The molecule has 0 aliphatic rings. The molecule has 160 valence electrons. The second-order valence-corrected chi connectivity index (χ2v) is 8.10. The number of aliphatic hydroxyl groups excluding tert-OH is 1. The van der Waals surface area contributed by atoms with Gasteiger partial charge in [0.05, 0.1) is 14.2 Å². The van der Waals surface area contributed by atoms with Crippen LogP contribution in [-0.2, 0) is 0 Å². The van der Waals surface area contributed by atoms with Gasteiger partial charge in [-0.3, -0.25) is 4.79 Å². The van der Waals surface area contributed by atoms with E-state index in [9.17, 15) is 9.90 Å². The van der Waals surface area contributed by atoms with Gasteiger partial charge in [-0.2, -0.15) is 0 Å². The van der Waals surface area contributed by atoms with Crippen molar-refractivity contribution >= 4 is 27.2 Å². The number of carbonyl (C=O) groups excluding carboxylic acids is 1. The molecule has 2 aromatic heterocycles. The molecule has 31 heavy (non-hydrogen) atoms. The van der Waals surface area contributed by atoms with Crippen LogP contribution in [0.1, 0.15) is 40.8 Å². The molecule has 0 saturated heterocycles. The molecular weight excluding hydrogens is 414 g/mol. The van der Waals surface area contributed by atoms with E-state index in [4.69, 9.17) is 13.9 Å². The fourth-order valence-corrected chi connectivity index (χ4v) is 4.55. The Kier molecular flexibility index (Phi) is 6.06. The predicted octanol–water partition coefficient (Wildman–Crippen LogP) is 5.58. The number of Topliss-reactive ketones (excluding diaryl/α,β-unsaturated/α-hetero) is 1. The lowest BCUT2D eigenvalue weighted by Crippen LogP contribution is -2.05. The van der Waals surface area contributed by atoms with Crippen LogP contribution in [0.3, 0.4) is 0 Å². The first kappa shape index (κ1) is 21.1. The summed E-state index contributed by atoms with van der Waals surface area (Å²) in [6.07, 6.45) is 0.939. The number of ether oxygens (including phenoxy) is 2. The Morgan fingerprint density at radius 1 is 1.19 bits per heavy atom. The van der Waals surface area contributed by atoms with E-state index in [1.807, 2.05) is 11.4 Å². The van der Waals surface area contributed by atoms with Gasteiger partial charge in [-0.1, -0.05) is 18.2 Å². The number of aryl methyl sites for hydroxylation is 1. The van der Waals surface area contributed by atoms with Gasteiger partial charge in [0, 0.05) is 33.0 Å². The van der Waals surface area contributed by atoms with Crippen LogP contribution < -0.4 is 9.47 Å². The summed E-state index contributed by atoms with van der Waals surface area (Å²) < 4.78 is 17.2. The maximum atomic E-state index is 12.6. The number of aromatic nitrogens is 1. The van der Waals surface area contributed by atoms with Gasteiger partial charge in [-0.15, -0.1) is 11.3 Å². The van der Waals surface area contributed by atoms with Crippen LogP contribution in [0.25, 0.3) is 21.3 Å². The van der Waals surface area contributed by atoms with Gasteiger partial charge in [0.25, 0.3) is 0 Å². The molecule has 2 heterocycles. The summed E-state index contributed by atoms with van der Waals surface area (Å²) in [5.41, 5.74) is 3.37. The number of oxazole rings is 1. The topological polar surface area (TPSA) is 81.8 Å². The second kappa shape index (κ2) is 8.91. The number of rotatable bonds is 8. The van der Waals surface area contributed by atoms with Crippen molar-refractivity contribution in [3.8, 4) is 22.8 Å². The van der Waals surface area contributed by atoms with Crippen molar-refractivity contribution in [1.29, 1.82) is 0 Å². The standard InChI is InChI=1S/C24H23NO5S/c1-14-5-4-6-16-17(13-31-23(14)16)18-12-30-24(25-18)20(27)9-8-19(26)15-7-10-21(28-2)22(11-15)29-3/h4-7,10-13,20,27H,8-9H2,1-3H3. The zero-order chi connectivity index (χ0) is 22.0. The van der Waals surface area contributed by atoms with Crippen molar-refractivity contribution in [3.63, 3.8) is 0 Å². The largest absolute Gasteiger partial charge is 0.493 e. The van der Waals surface area contributed by atoms with E-state index in [0.29, 0.717) is 22.8 Å². The Hall–Kier alpha value is -3.16. The molecule has 0 spiro atoms. The Labute approximate surface area is 184 Å². The third kappa shape index (κ3) is 4.19. The molecule has 4 rings (SSSR count). The third-order valence-electron chi connectivity index (χ3n) is 5.23. The summed E-state index contributed by atoms with van der Waals surface area (Å²) in [5, 5.41) is 13.7. The summed E-state index contributed by atoms with van der Waals surface area (Å²) in [4.78, 5) is 17.0. The Balaban J connectivity index is 1.45. The van der Waals surface area contributed by atoms with Crippen molar-refractivity contribution in [2.24, 2.45) is 0 Å². The van der Waals surface area contributed by atoms with E-state index in [0.717, 1.165) is 10.9 Å². The van der Waals surface area contributed by atoms with Gasteiger partial charge in [0.15, 0.2) is 17.3 Å². The van der Waals surface area contributed by atoms with Gasteiger partial charge in [0.2, 0.25) is 5.89 Å². The van der Waals surface area contributed by atoms with Crippen LogP contribution >= 0.6 is 11.3 Å². The van der Waals surface area contributed by atoms with Crippen LogP contribution in [0, 0.1) is 6.92 Å². The maximum absolute atomic E-state index is 12.6. The number of nitrogens with zero attached hydrogens (tertiary/aromatic N) is 1. The highest BCUT2D eigenvalue weighted by Crippen LogP contribution is 2.36. The summed E-state index contributed by atoms with van der Waals surface area (Å²) in [6.45, 7) is 2.08. The molecule has 4 aromatic rings. The van der Waals surface area contributed by atoms with Gasteiger partial charge in [-0.25, -0.2) is 4.98 Å². The average molecular weight is 438 g/mol. The molecule has 1 atom stereocenters. The lowest BCUT2D eigenvalue weighted by atomic mass is 10.0. The first-order chi connectivity index (χ1) is 15.0. The molecule has 7 heteroatoms. The highest BCUT2D eigenvalue weighted by Gasteiger charge is 2.19. The second-order valence-electron chi connectivity index (χ2n) is 7.22. The number of aliphatic hydroxyl groups is 1. The molecule has 0 aliphatic heterocycles. The number of carbonyl (C=O) groups is 1. The van der Waals surface area contributed by atoms with Crippen molar-refractivity contribution in [1.82, 2.24) is 4.98 Å². The Bertz CT molecular complexity index is 1230. The molecule has 0 saturated carbocycles. The molecule has 0 aliphatic carbocycles. The van der Waals surface area contributed by atoms with E-state index in [1.54, 1.807) is 42.9 Å². The number of hydrogen-bond donors (Lipinski definition) is 1. The summed E-state index contributed by atoms with van der Waals surface area (Å²) in [7, 11) is 3.06. The monoisotopic (exact) mass is 437 g/mol. The van der Waals surface area contributed by atoms with Crippen molar-refractivity contribution < 1.29 is 23.8 Å². The smallest absolute Gasteiger partial charge is 0.223 e. The molecule has 0 radical (unpaired) electrons. The van der Waals surface area contributed by atoms with Crippen molar-refractivity contribution in [3.05, 3.63) is 65.1 Å². The molecule has 1 unspecified atom stereocenters. The normalized spacial score (nSPS) is 12.1. The SMILES string of the molecule is COc1ccc(C(=O)CCC(O)c2nc(-c3csc4c(C)cccc34)co2)cc1OC. The van der Waals surface area contributed by atoms with Crippen LogP contribution in [0.15, 0.2) is 52.5 Å². The van der Waals surface area contributed by atoms with Gasteiger partial charge in [0.1, 0.15) is 18.1 Å². The van der Waals surface area contributed by atoms with E-state index < -0.39 is 6.10 Å². The number of benzene rings is 2. The molecular formula is C24H23NO5S. The van der Waals surface area contributed by atoms with Crippen LogP contribution in [0.4, 0.5) is 0 Å². The van der Waals surface area contributed by atoms with Gasteiger partial charge >= 0.3 is 0 Å². The van der Waals surface area contributed by atoms with E-state index in [-0.39, 0.29) is 24.5 Å². The van der Waals surface area contributed by atoms with Crippen molar-refractivity contribution in [2.75, 3.05) is 14.2 Å². The number of fused-ring (bicyclic) bond motifs is 1. The lowest BCUT2D eigenvalue weighted by molar-refractivity contribution is 0.0913. The summed E-state index contributed by atoms with van der Waals surface area (Å²) >= 11 is 1.66. The third-order valence-corrected chi connectivity index (χ3v) is 6.36. The zero-order valence-electron chi connectivity index (χ0n) is 17.5. The van der Waals surface area contributed by atoms with E-state index >= 15 is 0 Å². The van der Waals surface area contributed by atoms with E-state index in [2.05, 4.69) is 24.0 Å². The minimum Gasteiger partial charge on any atom is -0.493 e. The lowest BCUT2D eigenvalue weighted by Gasteiger charge is -2.10. The molecule has 0 amide bonds. The Morgan fingerprint density at radius 2 is 2.00 bits per heavy atom. The minimum atomic E-state index is -0.968. The molecule has 0 bridgehead atoms. The summed E-state index contributed by atoms with van der Waals surface area (Å²) in [6, 6.07) is 11.2. The number of hydrogen-bond acceptors (Lipinski definition) is 7. The Morgan fingerprint density at radius 3 is 2.77 bits per heavy atom. The van der Waals surface area contributed by atoms with Crippen LogP contribution in [-0.4, -0.2) is 30.1 Å². The first-order valence-electron chi connectivity index (χ1n) is 9.87. The summed E-state index contributed by atoms with van der Waals surface area (Å²) in [5.74, 6) is 1.15. The van der Waals surface area contributed by atoms with Crippen LogP contribution in [0.5, 0.6) is 11.5 Å². The fraction of sp³-hybridized carbons (Fsp3) is 0.250. The fourth-order valence-electron chi connectivity index (χ4n) is 3.51. The average Bonchev–Trinajstić information content (AvgIpc) is 3.44. The van der Waals surface area contributed by atoms with Gasteiger partial charge < -0.3 is 19.0 Å². The maximum Gasteiger partial charge on any atom is 0.223 e. The minimum absolute atomic E-state index is 0.105. The number of methoxy groups -OCH3 is 2. The molecule has 0 fully saturated rings. The molecule has 1 N–H and O–H groups in total. The highest BCUT2D eigenvalue weighted by molar-refractivity contribution is 7.18. The predicted molar refractivity (Wildman–Crippen MR) is 120 cm³/mol. The van der Waals surface area contributed by atoms with E-state index in [1.165, 1.54) is 17.4 Å². The first-order valence-corrected chi connectivity index (χ1v) is 10.8. The number of thiophene rings is 1. The molecule has 6 nitrogen and oxygen atoms in total.